The van der Waals surface area contributed by atoms with Crippen LogP contribution in [0.4, 0.5) is 5.69 Å². The van der Waals surface area contributed by atoms with Crippen LogP contribution in [0.15, 0.2) is 24.3 Å². The van der Waals surface area contributed by atoms with Crippen LogP contribution in [0.25, 0.3) is 0 Å². The molecule has 2 N–H and O–H groups in total. The van der Waals surface area contributed by atoms with E-state index in [1.54, 1.807) is 24.3 Å². The Bertz CT molecular complexity index is 598. The highest BCUT2D eigenvalue weighted by atomic mass is 16.5. The summed E-state index contributed by atoms with van der Waals surface area (Å²) >= 11 is 0. The number of carboxylic acids is 1. The molecule has 0 saturated heterocycles. The number of carboxylic acid groups (broad SMARTS) is 1. The number of nitrogens with one attached hydrogen (secondary N) is 1. The third kappa shape index (κ3) is 5.61. The number of carbonyl (C=O) groups is 3. The molecule has 0 heterocycles. The zero-order valence-corrected chi connectivity index (χ0v) is 12.9. The zero-order valence-electron chi connectivity index (χ0n) is 12.9. The van der Waals surface area contributed by atoms with Crippen LogP contribution >= 0.6 is 0 Å². The van der Waals surface area contributed by atoms with Gasteiger partial charge in [-0.3, -0.25) is 14.4 Å². The molecule has 1 aromatic carbocycles. The van der Waals surface area contributed by atoms with Crippen molar-refractivity contribution < 1.29 is 24.2 Å². The molecule has 23 heavy (non-hydrogen) atoms. The van der Waals surface area contributed by atoms with Gasteiger partial charge in [-0.05, 0) is 25.0 Å². The summed E-state index contributed by atoms with van der Waals surface area (Å²) in [7, 11) is 1.53. The van der Waals surface area contributed by atoms with E-state index in [0.29, 0.717) is 11.4 Å². The van der Waals surface area contributed by atoms with Crippen molar-refractivity contribution in [2.45, 2.75) is 19.3 Å². The Labute approximate surface area is 134 Å². The first-order valence-electron chi connectivity index (χ1n) is 7.45. The van der Waals surface area contributed by atoms with Gasteiger partial charge in [0.2, 0.25) is 5.91 Å². The smallest absolute Gasteiger partial charge is 0.305 e. The predicted molar refractivity (Wildman–Crippen MR) is 83.2 cm³/mol. The van der Waals surface area contributed by atoms with Crippen molar-refractivity contribution in [3.05, 3.63) is 24.3 Å². The van der Waals surface area contributed by atoms with Gasteiger partial charge in [-0.1, -0.05) is 6.07 Å². The monoisotopic (exact) mass is 320 g/mol. The van der Waals surface area contributed by atoms with Crippen molar-refractivity contribution in [2.75, 3.05) is 25.5 Å². The number of hydrogen-bond donors (Lipinski definition) is 2. The van der Waals surface area contributed by atoms with Crippen LogP contribution in [0.5, 0.6) is 5.75 Å². The summed E-state index contributed by atoms with van der Waals surface area (Å²) in [6.45, 7) is -0.0504. The van der Waals surface area contributed by atoms with E-state index in [2.05, 4.69) is 5.32 Å². The molecule has 7 heteroatoms. The molecule has 1 fully saturated rings. The first-order valence-corrected chi connectivity index (χ1v) is 7.45. The van der Waals surface area contributed by atoms with Crippen LogP contribution < -0.4 is 10.1 Å². The van der Waals surface area contributed by atoms with E-state index >= 15 is 0 Å². The molecule has 0 radical (unpaired) electrons. The van der Waals surface area contributed by atoms with Gasteiger partial charge in [0, 0.05) is 31.3 Å². The number of ether oxygens (including phenoxy) is 1. The van der Waals surface area contributed by atoms with Crippen molar-refractivity contribution in [1.82, 2.24) is 4.90 Å². The second-order valence-electron chi connectivity index (χ2n) is 5.54. The van der Waals surface area contributed by atoms with Crippen LogP contribution in [0.3, 0.4) is 0 Å². The number of carbonyl (C=O) groups excluding carboxylic acids is 2. The Morgan fingerprint density at radius 3 is 2.74 bits per heavy atom. The van der Waals surface area contributed by atoms with E-state index in [4.69, 9.17) is 9.84 Å². The van der Waals surface area contributed by atoms with E-state index in [9.17, 15) is 14.4 Å². The highest BCUT2D eigenvalue weighted by molar-refractivity contribution is 5.94. The summed E-state index contributed by atoms with van der Waals surface area (Å²) in [5.41, 5.74) is 0.631. The average molecular weight is 320 g/mol. The minimum atomic E-state index is -0.954. The van der Waals surface area contributed by atoms with Crippen LogP contribution in [0, 0.1) is 5.92 Å². The van der Waals surface area contributed by atoms with Crippen molar-refractivity contribution >= 4 is 23.5 Å². The van der Waals surface area contributed by atoms with Crippen LogP contribution in [-0.4, -0.2) is 48.0 Å². The molecule has 0 aliphatic heterocycles. The molecule has 0 unspecified atom stereocenters. The molecule has 1 aromatic rings. The molecule has 1 aliphatic rings. The average Bonchev–Trinajstić information content (AvgIpc) is 3.35. The number of amides is 2. The largest absolute Gasteiger partial charge is 0.484 e. The van der Waals surface area contributed by atoms with Gasteiger partial charge in [0.05, 0.1) is 6.42 Å². The van der Waals surface area contributed by atoms with Crippen molar-refractivity contribution in [3.8, 4) is 5.75 Å². The van der Waals surface area contributed by atoms with Gasteiger partial charge in [-0.25, -0.2) is 0 Å². The molecule has 7 nitrogen and oxygen atoms in total. The van der Waals surface area contributed by atoms with Gasteiger partial charge < -0.3 is 20.1 Å². The topological polar surface area (TPSA) is 95.9 Å². The lowest BCUT2D eigenvalue weighted by molar-refractivity contribution is -0.138. The van der Waals surface area contributed by atoms with E-state index in [0.717, 1.165) is 12.8 Å². The van der Waals surface area contributed by atoms with Crippen LogP contribution in [-0.2, 0) is 14.4 Å². The van der Waals surface area contributed by atoms with Crippen LogP contribution in [0.2, 0.25) is 0 Å². The highest BCUT2D eigenvalue weighted by Crippen LogP contribution is 2.30. The second-order valence-corrected chi connectivity index (χ2v) is 5.54. The fourth-order valence-electron chi connectivity index (χ4n) is 1.90. The van der Waals surface area contributed by atoms with Crippen molar-refractivity contribution in [3.63, 3.8) is 0 Å². The van der Waals surface area contributed by atoms with Gasteiger partial charge in [0.25, 0.3) is 5.91 Å². The SMILES string of the molecule is CN(CCC(=O)O)C(=O)COc1cccc(NC(=O)C2CC2)c1. The van der Waals surface area contributed by atoms with Crippen molar-refractivity contribution in [1.29, 1.82) is 0 Å². The summed E-state index contributed by atoms with van der Waals surface area (Å²) < 4.78 is 5.40. The van der Waals surface area contributed by atoms with E-state index < -0.39 is 5.97 Å². The standard InChI is InChI=1S/C16H20N2O5/c1-18(8-7-15(20)21)14(19)10-23-13-4-2-3-12(9-13)17-16(22)11-5-6-11/h2-4,9,11H,5-8,10H2,1H3,(H,17,22)(H,20,21). The Morgan fingerprint density at radius 1 is 1.35 bits per heavy atom. The van der Waals surface area contributed by atoms with Gasteiger partial charge >= 0.3 is 5.97 Å². The molecular weight excluding hydrogens is 300 g/mol. The first kappa shape index (κ1) is 16.8. The fraction of sp³-hybridized carbons (Fsp3) is 0.438. The van der Waals surface area contributed by atoms with Gasteiger partial charge in [0.15, 0.2) is 6.61 Å². The molecule has 0 bridgehead atoms. The minimum absolute atomic E-state index is 0.00614. The summed E-state index contributed by atoms with van der Waals surface area (Å²) in [4.78, 5) is 35.3. The number of rotatable bonds is 8. The van der Waals surface area contributed by atoms with E-state index in [-0.39, 0.29) is 37.3 Å². The summed E-state index contributed by atoms with van der Waals surface area (Å²) in [5, 5.41) is 11.4. The maximum atomic E-state index is 11.8. The number of hydrogen-bond acceptors (Lipinski definition) is 4. The Morgan fingerprint density at radius 2 is 2.09 bits per heavy atom. The maximum Gasteiger partial charge on any atom is 0.305 e. The molecule has 1 aliphatic carbocycles. The lowest BCUT2D eigenvalue weighted by Gasteiger charge is -2.16. The predicted octanol–water partition coefficient (Wildman–Crippen LogP) is 1.35. The molecule has 2 amide bonds. The molecule has 0 atom stereocenters. The summed E-state index contributed by atoms with van der Waals surface area (Å²) in [6, 6.07) is 6.84. The van der Waals surface area contributed by atoms with E-state index in [1.807, 2.05) is 0 Å². The number of benzene rings is 1. The van der Waals surface area contributed by atoms with Gasteiger partial charge in [-0.15, -0.1) is 0 Å². The lowest BCUT2D eigenvalue weighted by atomic mass is 10.3. The highest BCUT2D eigenvalue weighted by Gasteiger charge is 2.29. The number of anilines is 1. The van der Waals surface area contributed by atoms with Gasteiger partial charge in [0.1, 0.15) is 5.75 Å². The Balaban J connectivity index is 1.81. The minimum Gasteiger partial charge on any atom is -0.484 e. The Kier molecular flexibility index (Phi) is 5.56. The molecular formula is C16H20N2O5. The maximum absolute atomic E-state index is 11.8. The summed E-state index contributed by atoms with van der Waals surface area (Å²) in [6.07, 6.45) is 1.75. The number of aliphatic carboxylic acids is 1. The molecule has 1 saturated carbocycles. The fourth-order valence-corrected chi connectivity index (χ4v) is 1.90. The zero-order chi connectivity index (χ0) is 16.8. The first-order chi connectivity index (χ1) is 11.0. The molecule has 124 valence electrons. The Hall–Kier alpha value is -2.57. The third-order valence-corrected chi connectivity index (χ3v) is 3.50. The number of nitrogens with zero attached hydrogens (tertiary/aromatic N) is 1. The van der Waals surface area contributed by atoms with Gasteiger partial charge in [-0.2, -0.15) is 0 Å². The molecule has 0 spiro atoms. The second kappa shape index (κ2) is 7.62. The van der Waals surface area contributed by atoms with E-state index in [1.165, 1.54) is 11.9 Å². The number of likely N-dealkylation sites (N-methyl/N-ethyl adjacent to an activating group) is 1. The molecule has 0 aromatic heterocycles. The van der Waals surface area contributed by atoms with Crippen LogP contribution in [0.1, 0.15) is 19.3 Å². The van der Waals surface area contributed by atoms with Crippen molar-refractivity contribution in [2.24, 2.45) is 5.92 Å². The third-order valence-electron chi connectivity index (χ3n) is 3.50. The lowest BCUT2D eigenvalue weighted by Crippen LogP contribution is -2.33. The molecule has 2 rings (SSSR count). The quantitative estimate of drug-likeness (QED) is 0.754. The normalized spacial score (nSPS) is 13.3. The summed E-state index contributed by atoms with van der Waals surface area (Å²) in [5.74, 6) is -0.669.